The minimum absolute atomic E-state index is 0.101. The van der Waals surface area contributed by atoms with Crippen molar-refractivity contribution in [1.29, 1.82) is 0 Å². The number of aromatic nitrogens is 2. The Bertz CT molecular complexity index is 526. The molecule has 1 aromatic heterocycles. The summed E-state index contributed by atoms with van der Waals surface area (Å²) in [4.78, 5) is 15.0. The van der Waals surface area contributed by atoms with E-state index in [9.17, 15) is 13.2 Å². The number of hydrogen-bond acceptors (Lipinski definition) is 5. The van der Waals surface area contributed by atoms with Crippen molar-refractivity contribution in [3.05, 3.63) is 18.2 Å². The number of halogens is 1. The monoisotopic (exact) mass is 295 g/mol. The summed E-state index contributed by atoms with van der Waals surface area (Å²) < 4.78 is 30.0. The summed E-state index contributed by atoms with van der Waals surface area (Å²) in [5, 5.41) is -0.889. The van der Waals surface area contributed by atoms with Gasteiger partial charge in [0, 0.05) is 26.7 Å². The molecule has 102 valence electrons. The highest BCUT2D eigenvalue weighted by atomic mass is 35.5. The second-order valence-corrected chi connectivity index (χ2v) is 6.25. The minimum Gasteiger partial charge on any atom is -0.468 e. The van der Waals surface area contributed by atoms with E-state index in [0.717, 1.165) is 14.6 Å². The molecular weight excluding hydrogens is 282 g/mol. The molecule has 0 spiro atoms. The van der Waals surface area contributed by atoms with Crippen LogP contribution in [0.2, 0.25) is 0 Å². The maximum Gasteiger partial charge on any atom is 0.324 e. The Morgan fingerprint density at radius 3 is 2.72 bits per heavy atom. The van der Waals surface area contributed by atoms with E-state index in [1.807, 2.05) is 0 Å². The summed E-state index contributed by atoms with van der Waals surface area (Å²) in [6.07, 6.45) is 2.57. The number of rotatable bonds is 5. The normalized spacial score (nSPS) is 13.6. The Morgan fingerprint density at radius 2 is 2.22 bits per heavy atom. The van der Waals surface area contributed by atoms with Crippen molar-refractivity contribution in [2.75, 3.05) is 21.2 Å². The van der Waals surface area contributed by atoms with Gasteiger partial charge in [0.25, 0.3) is 0 Å². The highest BCUT2D eigenvalue weighted by molar-refractivity contribution is 7.87. The van der Waals surface area contributed by atoms with E-state index in [4.69, 9.17) is 11.6 Å². The first-order chi connectivity index (χ1) is 8.28. The third-order valence-electron chi connectivity index (χ3n) is 2.19. The first-order valence-electron chi connectivity index (χ1n) is 4.96. The van der Waals surface area contributed by atoms with E-state index in [1.54, 1.807) is 0 Å². The summed E-state index contributed by atoms with van der Waals surface area (Å²) in [6, 6.07) is 0. The summed E-state index contributed by atoms with van der Waals surface area (Å²) in [5.74, 6) is -0.582. The largest absolute Gasteiger partial charge is 0.468 e. The zero-order valence-electron chi connectivity index (χ0n) is 10.2. The van der Waals surface area contributed by atoms with Crippen molar-refractivity contribution < 1.29 is 17.9 Å². The number of methoxy groups -OCH3 is 1. The van der Waals surface area contributed by atoms with E-state index < -0.39 is 21.6 Å². The number of alkyl halides is 1. The van der Waals surface area contributed by atoms with Gasteiger partial charge in [-0.05, 0) is 0 Å². The fourth-order valence-electron chi connectivity index (χ4n) is 1.16. The number of hydrogen-bond donors (Lipinski definition) is 0. The topological polar surface area (TPSA) is 81.5 Å². The molecule has 9 heteroatoms. The molecule has 0 bridgehead atoms. The Labute approximate surface area is 110 Å². The predicted octanol–water partition coefficient (Wildman–Crippen LogP) is -0.140. The third kappa shape index (κ3) is 3.21. The lowest BCUT2D eigenvalue weighted by Crippen LogP contribution is -2.27. The average Bonchev–Trinajstić information content (AvgIpc) is 2.76. The summed E-state index contributed by atoms with van der Waals surface area (Å²) in [5.41, 5.74) is 0.394. The molecular formula is C9H14ClN3O4S. The Balaban J connectivity index is 2.85. The van der Waals surface area contributed by atoms with E-state index in [2.05, 4.69) is 9.72 Å². The van der Waals surface area contributed by atoms with Gasteiger partial charge in [0.2, 0.25) is 0 Å². The first kappa shape index (κ1) is 14.9. The number of nitrogens with zero attached hydrogens (tertiary/aromatic N) is 3. The van der Waals surface area contributed by atoms with Crippen LogP contribution >= 0.6 is 11.6 Å². The second kappa shape index (κ2) is 5.68. The van der Waals surface area contributed by atoms with Crippen molar-refractivity contribution >= 4 is 27.8 Å². The van der Waals surface area contributed by atoms with E-state index in [0.29, 0.717) is 5.69 Å². The maximum absolute atomic E-state index is 11.7. The van der Waals surface area contributed by atoms with Gasteiger partial charge in [0.1, 0.15) is 11.7 Å². The third-order valence-corrected chi connectivity index (χ3v) is 4.17. The summed E-state index contributed by atoms with van der Waals surface area (Å²) in [6.45, 7) is 0. The highest BCUT2D eigenvalue weighted by Crippen LogP contribution is 2.10. The molecule has 0 aromatic carbocycles. The Hall–Kier alpha value is -1.12. The Morgan fingerprint density at radius 1 is 1.61 bits per heavy atom. The van der Waals surface area contributed by atoms with Crippen LogP contribution in [0.3, 0.4) is 0 Å². The van der Waals surface area contributed by atoms with Crippen LogP contribution in [-0.2, 0) is 26.2 Å². The number of imidazole rings is 1. The molecule has 0 fully saturated rings. The zero-order chi connectivity index (χ0) is 13.9. The van der Waals surface area contributed by atoms with Crippen LogP contribution in [0.4, 0.5) is 0 Å². The maximum atomic E-state index is 11.7. The molecule has 7 nitrogen and oxygen atoms in total. The van der Waals surface area contributed by atoms with Crippen LogP contribution in [-0.4, -0.2) is 54.2 Å². The van der Waals surface area contributed by atoms with Gasteiger partial charge in [0.15, 0.2) is 0 Å². The van der Waals surface area contributed by atoms with Crippen molar-refractivity contribution in [1.82, 2.24) is 13.3 Å². The van der Waals surface area contributed by atoms with Gasteiger partial charge in [-0.15, -0.1) is 11.6 Å². The van der Waals surface area contributed by atoms with Gasteiger partial charge in [-0.2, -0.15) is 12.7 Å². The van der Waals surface area contributed by atoms with E-state index in [1.165, 1.54) is 27.4 Å². The fraction of sp³-hybridized carbons (Fsp3) is 0.556. The molecule has 0 radical (unpaired) electrons. The molecule has 0 saturated heterocycles. The molecule has 1 aromatic rings. The summed E-state index contributed by atoms with van der Waals surface area (Å²) in [7, 11) is 0.461. The lowest BCUT2D eigenvalue weighted by atomic mass is 10.2. The van der Waals surface area contributed by atoms with Crippen LogP contribution in [0.1, 0.15) is 5.69 Å². The van der Waals surface area contributed by atoms with Gasteiger partial charge in [0.05, 0.1) is 12.8 Å². The molecule has 1 heterocycles. The van der Waals surface area contributed by atoms with Crippen molar-refractivity contribution in [3.8, 4) is 0 Å². The highest BCUT2D eigenvalue weighted by Gasteiger charge is 2.20. The molecule has 18 heavy (non-hydrogen) atoms. The van der Waals surface area contributed by atoms with Gasteiger partial charge < -0.3 is 4.74 Å². The number of ether oxygens (including phenoxy) is 1. The molecule has 0 aliphatic rings. The first-order valence-corrected chi connectivity index (χ1v) is 6.80. The van der Waals surface area contributed by atoms with Crippen molar-refractivity contribution in [2.45, 2.75) is 11.8 Å². The van der Waals surface area contributed by atoms with E-state index >= 15 is 0 Å². The molecule has 0 unspecified atom stereocenters. The number of carbonyl (C=O) groups excluding carboxylic acids is 1. The molecule has 0 aliphatic heterocycles. The minimum atomic E-state index is -3.59. The molecule has 0 saturated carbocycles. The summed E-state index contributed by atoms with van der Waals surface area (Å²) >= 11 is 5.77. The van der Waals surface area contributed by atoms with Crippen LogP contribution in [0, 0.1) is 0 Å². The van der Waals surface area contributed by atoms with Crippen molar-refractivity contribution in [2.24, 2.45) is 0 Å². The SMILES string of the molecule is COC(=O)[C@H](Cl)Cc1cn(S(=O)(=O)N(C)C)cn1. The van der Waals surface area contributed by atoms with Gasteiger partial charge in [-0.25, -0.2) is 8.96 Å². The zero-order valence-corrected chi connectivity index (χ0v) is 11.8. The quantitative estimate of drug-likeness (QED) is 0.558. The second-order valence-electron chi connectivity index (χ2n) is 3.68. The molecule has 1 rings (SSSR count). The van der Waals surface area contributed by atoms with Crippen molar-refractivity contribution in [3.63, 3.8) is 0 Å². The van der Waals surface area contributed by atoms with E-state index in [-0.39, 0.29) is 6.42 Å². The lowest BCUT2D eigenvalue weighted by molar-refractivity contribution is -0.140. The van der Waals surface area contributed by atoms with Crippen LogP contribution < -0.4 is 0 Å². The Kier molecular flexibility index (Phi) is 4.71. The molecule has 0 amide bonds. The standard InChI is InChI=1S/C9H14ClN3O4S/c1-12(2)18(15,16)13-5-7(11-6-13)4-8(10)9(14)17-3/h5-6,8H,4H2,1-3H3/t8-/m1/s1. The number of carbonyl (C=O) groups is 1. The number of esters is 1. The van der Waals surface area contributed by atoms with Crippen LogP contribution in [0.5, 0.6) is 0 Å². The molecule has 0 aliphatic carbocycles. The molecule has 0 N–H and O–H groups in total. The van der Waals surface area contributed by atoms with Gasteiger partial charge in [-0.1, -0.05) is 0 Å². The predicted molar refractivity (Wildman–Crippen MR) is 65.6 cm³/mol. The van der Waals surface area contributed by atoms with Crippen LogP contribution in [0.15, 0.2) is 12.5 Å². The average molecular weight is 296 g/mol. The van der Waals surface area contributed by atoms with Gasteiger partial charge in [-0.3, -0.25) is 4.79 Å². The fourth-order valence-corrected chi connectivity index (χ4v) is 2.21. The lowest BCUT2D eigenvalue weighted by Gasteiger charge is -2.10. The van der Waals surface area contributed by atoms with Crippen LogP contribution in [0.25, 0.3) is 0 Å². The van der Waals surface area contributed by atoms with Gasteiger partial charge >= 0.3 is 16.2 Å². The smallest absolute Gasteiger partial charge is 0.324 e. The molecule has 1 atom stereocenters.